The van der Waals surface area contributed by atoms with Crippen LogP contribution in [0.25, 0.3) is 0 Å². The van der Waals surface area contributed by atoms with E-state index in [2.05, 4.69) is 5.32 Å². The molecule has 0 radical (unpaired) electrons. The first-order valence-corrected chi connectivity index (χ1v) is 7.21. The van der Waals surface area contributed by atoms with E-state index >= 15 is 0 Å². The van der Waals surface area contributed by atoms with E-state index in [9.17, 15) is 9.59 Å². The molecular weight excluding hydrogens is 228 g/mol. The Morgan fingerprint density at radius 2 is 1.94 bits per heavy atom. The molecule has 0 atom stereocenters. The lowest BCUT2D eigenvalue weighted by Crippen LogP contribution is -2.56. The predicted molar refractivity (Wildman–Crippen MR) is 70.0 cm³/mol. The zero-order chi connectivity index (χ0) is 13.2. The van der Waals surface area contributed by atoms with Crippen LogP contribution in [0.2, 0.25) is 0 Å². The molecule has 0 spiro atoms. The van der Waals surface area contributed by atoms with Gasteiger partial charge in [-0.3, -0.25) is 9.59 Å². The highest BCUT2D eigenvalue weighted by molar-refractivity contribution is 5.93. The first-order chi connectivity index (χ1) is 8.61. The fourth-order valence-corrected chi connectivity index (χ4v) is 2.71. The largest absolute Gasteiger partial charge is 0.342 e. The van der Waals surface area contributed by atoms with Gasteiger partial charge in [0.15, 0.2) is 0 Å². The smallest absolute Gasteiger partial charge is 0.248 e. The molecule has 18 heavy (non-hydrogen) atoms. The average Bonchev–Trinajstić information content (AvgIpc) is 3.19. The SMILES string of the molecule is CCC1(CC)NC(=O)CCN(CCC2CC2)C1=O. The van der Waals surface area contributed by atoms with Gasteiger partial charge in [0.25, 0.3) is 0 Å². The standard InChI is InChI=1S/C14H24N2O2/c1-3-14(4-2)13(18)16(9-7-11-5-6-11)10-8-12(17)15-14/h11H,3-10H2,1-2H3,(H,15,17). The molecule has 0 bridgehead atoms. The molecule has 2 rings (SSSR count). The Kier molecular flexibility index (Phi) is 3.93. The second-order valence-corrected chi connectivity index (χ2v) is 5.61. The summed E-state index contributed by atoms with van der Waals surface area (Å²) in [6.07, 6.45) is 5.52. The number of rotatable bonds is 5. The summed E-state index contributed by atoms with van der Waals surface area (Å²) in [5.41, 5.74) is -0.656. The highest BCUT2D eigenvalue weighted by Crippen LogP contribution is 2.33. The molecule has 4 nitrogen and oxygen atoms in total. The van der Waals surface area contributed by atoms with Gasteiger partial charge in [0.2, 0.25) is 11.8 Å². The summed E-state index contributed by atoms with van der Waals surface area (Å²) in [6.45, 7) is 5.36. The summed E-state index contributed by atoms with van der Waals surface area (Å²) in [6, 6.07) is 0. The van der Waals surface area contributed by atoms with Crippen LogP contribution in [0.4, 0.5) is 0 Å². The Morgan fingerprint density at radius 3 is 2.50 bits per heavy atom. The second-order valence-electron chi connectivity index (χ2n) is 5.61. The van der Waals surface area contributed by atoms with Gasteiger partial charge in [-0.05, 0) is 25.2 Å². The number of carbonyl (C=O) groups excluding carboxylic acids is 2. The third kappa shape index (κ3) is 2.68. The van der Waals surface area contributed by atoms with E-state index in [0.29, 0.717) is 25.8 Å². The number of nitrogens with one attached hydrogen (secondary N) is 1. The molecule has 0 unspecified atom stereocenters. The van der Waals surface area contributed by atoms with E-state index in [1.54, 1.807) is 0 Å². The van der Waals surface area contributed by atoms with Crippen LogP contribution in [-0.4, -0.2) is 35.3 Å². The van der Waals surface area contributed by atoms with Gasteiger partial charge in [-0.25, -0.2) is 0 Å². The predicted octanol–water partition coefficient (Wildman–Crippen LogP) is 1.69. The van der Waals surface area contributed by atoms with Gasteiger partial charge in [0.05, 0.1) is 0 Å². The topological polar surface area (TPSA) is 49.4 Å². The first-order valence-electron chi connectivity index (χ1n) is 7.21. The maximum atomic E-state index is 12.6. The molecule has 1 heterocycles. The van der Waals surface area contributed by atoms with Gasteiger partial charge in [-0.2, -0.15) is 0 Å². The summed E-state index contributed by atoms with van der Waals surface area (Å²) in [7, 11) is 0. The zero-order valence-corrected chi connectivity index (χ0v) is 11.5. The van der Waals surface area contributed by atoms with Crippen molar-refractivity contribution in [2.24, 2.45) is 5.92 Å². The van der Waals surface area contributed by atoms with Crippen LogP contribution < -0.4 is 5.32 Å². The van der Waals surface area contributed by atoms with Gasteiger partial charge in [-0.1, -0.05) is 26.7 Å². The summed E-state index contributed by atoms with van der Waals surface area (Å²) in [4.78, 5) is 26.3. The van der Waals surface area contributed by atoms with Crippen LogP contribution in [0.5, 0.6) is 0 Å². The van der Waals surface area contributed by atoms with Crippen molar-refractivity contribution in [3.8, 4) is 0 Å². The number of hydrogen-bond donors (Lipinski definition) is 1. The molecule has 2 amide bonds. The maximum Gasteiger partial charge on any atom is 0.248 e. The summed E-state index contributed by atoms with van der Waals surface area (Å²) in [5.74, 6) is 0.960. The molecule has 102 valence electrons. The Morgan fingerprint density at radius 1 is 1.28 bits per heavy atom. The monoisotopic (exact) mass is 252 g/mol. The number of carbonyl (C=O) groups is 2. The average molecular weight is 252 g/mol. The van der Waals surface area contributed by atoms with Gasteiger partial charge >= 0.3 is 0 Å². The van der Waals surface area contributed by atoms with E-state index in [1.807, 2.05) is 18.7 Å². The minimum atomic E-state index is -0.656. The molecule has 2 aliphatic rings. The molecule has 4 heteroatoms. The van der Waals surface area contributed by atoms with Crippen molar-refractivity contribution in [2.75, 3.05) is 13.1 Å². The van der Waals surface area contributed by atoms with E-state index in [1.165, 1.54) is 12.8 Å². The quantitative estimate of drug-likeness (QED) is 0.809. The number of hydrogen-bond acceptors (Lipinski definition) is 2. The number of nitrogens with zero attached hydrogens (tertiary/aromatic N) is 1. The fourth-order valence-electron chi connectivity index (χ4n) is 2.71. The van der Waals surface area contributed by atoms with Gasteiger partial charge < -0.3 is 10.2 Å². The molecular formula is C14H24N2O2. The lowest BCUT2D eigenvalue weighted by atomic mass is 9.91. The Hall–Kier alpha value is -1.06. The minimum absolute atomic E-state index is 0.0148. The highest BCUT2D eigenvalue weighted by atomic mass is 16.2. The van der Waals surface area contributed by atoms with Crippen molar-refractivity contribution >= 4 is 11.8 Å². The molecule has 0 aromatic rings. The van der Waals surface area contributed by atoms with E-state index < -0.39 is 5.54 Å². The van der Waals surface area contributed by atoms with E-state index in [0.717, 1.165) is 18.9 Å². The first kappa shape index (κ1) is 13.4. The van der Waals surface area contributed by atoms with Gasteiger partial charge in [0, 0.05) is 19.5 Å². The van der Waals surface area contributed by atoms with Gasteiger partial charge in [0.1, 0.15) is 5.54 Å². The summed E-state index contributed by atoms with van der Waals surface area (Å²) < 4.78 is 0. The van der Waals surface area contributed by atoms with Crippen molar-refractivity contribution in [1.29, 1.82) is 0 Å². The van der Waals surface area contributed by atoms with Gasteiger partial charge in [-0.15, -0.1) is 0 Å². The van der Waals surface area contributed by atoms with Crippen molar-refractivity contribution in [3.63, 3.8) is 0 Å². The Balaban J connectivity index is 2.08. The zero-order valence-electron chi connectivity index (χ0n) is 11.5. The third-order valence-electron chi connectivity index (χ3n) is 4.40. The molecule has 1 saturated heterocycles. The fraction of sp³-hybridized carbons (Fsp3) is 0.857. The molecule has 0 aromatic heterocycles. The molecule has 2 fully saturated rings. The number of amides is 2. The maximum absolute atomic E-state index is 12.6. The van der Waals surface area contributed by atoms with Crippen LogP contribution in [0.3, 0.4) is 0 Å². The Labute approximate surface area is 109 Å². The van der Waals surface area contributed by atoms with Crippen molar-refractivity contribution < 1.29 is 9.59 Å². The lowest BCUT2D eigenvalue weighted by Gasteiger charge is -2.33. The van der Waals surface area contributed by atoms with Crippen molar-refractivity contribution in [2.45, 2.75) is 57.9 Å². The van der Waals surface area contributed by atoms with Crippen molar-refractivity contribution in [3.05, 3.63) is 0 Å². The van der Waals surface area contributed by atoms with E-state index in [4.69, 9.17) is 0 Å². The Bertz CT molecular complexity index is 333. The van der Waals surface area contributed by atoms with Crippen molar-refractivity contribution in [1.82, 2.24) is 10.2 Å². The van der Waals surface area contributed by atoms with Crippen LogP contribution in [0.15, 0.2) is 0 Å². The third-order valence-corrected chi connectivity index (χ3v) is 4.40. The minimum Gasteiger partial charge on any atom is -0.342 e. The molecule has 0 aromatic carbocycles. The second kappa shape index (κ2) is 5.29. The van der Waals surface area contributed by atoms with Crippen LogP contribution >= 0.6 is 0 Å². The molecule has 1 aliphatic heterocycles. The van der Waals surface area contributed by atoms with Crippen LogP contribution in [-0.2, 0) is 9.59 Å². The molecule has 1 N–H and O–H groups in total. The summed E-state index contributed by atoms with van der Waals surface area (Å²) in [5, 5.41) is 2.94. The lowest BCUT2D eigenvalue weighted by molar-refractivity contribution is -0.139. The highest BCUT2D eigenvalue weighted by Gasteiger charge is 2.41. The normalized spacial score (nSPS) is 23.8. The van der Waals surface area contributed by atoms with E-state index in [-0.39, 0.29) is 11.8 Å². The molecule has 1 aliphatic carbocycles. The van der Waals surface area contributed by atoms with Crippen LogP contribution in [0, 0.1) is 5.92 Å². The molecule has 1 saturated carbocycles. The summed E-state index contributed by atoms with van der Waals surface area (Å²) >= 11 is 0. The van der Waals surface area contributed by atoms with Crippen LogP contribution in [0.1, 0.15) is 52.4 Å².